The molecule has 0 atom stereocenters. The molecule has 110 valence electrons. The Hall–Kier alpha value is -1.95. The average molecular weight is 355 g/mol. The van der Waals surface area contributed by atoms with Gasteiger partial charge >= 0.3 is 0 Å². The molecule has 0 unspecified atom stereocenters. The standard InChI is InChI=1S/C15H13BrF2N2O/c1-9-7-10(16)5-6-13(9)19-8-14(21)20-15-11(17)3-2-4-12(15)18/h2-7,19H,8H2,1H3,(H,20,21). The fourth-order valence-electron chi connectivity index (χ4n) is 1.80. The van der Waals surface area contributed by atoms with Crippen molar-refractivity contribution >= 4 is 33.2 Å². The van der Waals surface area contributed by atoms with E-state index in [1.54, 1.807) is 0 Å². The number of anilines is 2. The topological polar surface area (TPSA) is 41.1 Å². The lowest BCUT2D eigenvalue weighted by Gasteiger charge is -2.11. The highest BCUT2D eigenvalue weighted by molar-refractivity contribution is 9.10. The minimum absolute atomic E-state index is 0.0871. The van der Waals surface area contributed by atoms with Crippen LogP contribution in [-0.2, 0) is 4.79 Å². The minimum Gasteiger partial charge on any atom is -0.376 e. The first-order valence-electron chi connectivity index (χ1n) is 6.21. The molecule has 0 bridgehead atoms. The number of carbonyl (C=O) groups is 1. The van der Waals surface area contributed by atoms with Gasteiger partial charge in [-0.15, -0.1) is 0 Å². The minimum atomic E-state index is -0.803. The zero-order chi connectivity index (χ0) is 15.4. The van der Waals surface area contributed by atoms with Crippen LogP contribution in [0.5, 0.6) is 0 Å². The first-order chi connectivity index (χ1) is 9.97. The van der Waals surface area contributed by atoms with Gasteiger partial charge in [0.05, 0.1) is 6.54 Å². The number of aryl methyl sites for hydroxylation is 1. The van der Waals surface area contributed by atoms with Gasteiger partial charge in [-0.1, -0.05) is 22.0 Å². The van der Waals surface area contributed by atoms with E-state index in [2.05, 4.69) is 26.6 Å². The number of rotatable bonds is 4. The summed E-state index contributed by atoms with van der Waals surface area (Å²) in [5, 5.41) is 5.14. The van der Waals surface area contributed by atoms with Crippen molar-refractivity contribution in [3.63, 3.8) is 0 Å². The maximum atomic E-state index is 13.4. The van der Waals surface area contributed by atoms with E-state index in [0.29, 0.717) is 0 Å². The van der Waals surface area contributed by atoms with Gasteiger partial charge in [-0.05, 0) is 42.8 Å². The first kappa shape index (κ1) is 15.4. The summed E-state index contributed by atoms with van der Waals surface area (Å²) in [5.74, 6) is -2.13. The summed E-state index contributed by atoms with van der Waals surface area (Å²) < 4.78 is 27.7. The highest BCUT2D eigenvalue weighted by Crippen LogP contribution is 2.20. The molecule has 2 aromatic rings. The Morgan fingerprint density at radius 3 is 2.48 bits per heavy atom. The quantitative estimate of drug-likeness (QED) is 0.868. The van der Waals surface area contributed by atoms with Gasteiger partial charge < -0.3 is 10.6 Å². The van der Waals surface area contributed by atoms with Gasteiger partial charge in [-0.25, -0.2) is 8.78 Å². The van der Waals surface area contributed by atoms with E-state index >= 15 is 0 Å². The van der Waals surface area contributed by atoms with Crippen LogP contribution in [0, 0.1) is 18.6 Å². The van der Waals surface area contributed by atoms with Gasteiger partial charge in [0, 0.05) is 10.2 Å². The molecule has 0 heterocycles. The number of benzene rings is 2. The SMILES string of the molecule is Cc1cc(Br)ccc1NCC(=O)Nc1c(F)cccc1F. The molecule has 0 fully saturated rings. The normalized spacial score (nSPS) is 10.3. The Balaban J connectivity index is 1.99. The summed E-state index contributed by atoms with van der Waals surface area (Å²) in [6.45, 7) is 1.80. The van der Waals surface area contributed by atoms with E-state index in [1.807, 2.05) is 25.1 Å². The van der Waals surface area contributed by atoms with Crippen molar-refractivity contribution in [2.45, 2.75) is 6.92 Å². The summed E-state index contributed by atoms with van der Waals surface area (Å²) in [6.07, 6.45) is 0. The van der Waals surface area contributed by atoms with Gasteiger partial charge in [0.25, 0.3) is 0 Å². The number of para-hydroxylation sites is 1. The van der Waals surface area contributed by atoms with Gasteiger partial charge in [0.15, 0.2) is 0 Å². The molecule has 0 saturated heterocycles. The van der Waals surface area contributed by atoms with Gasteiger partial charge in [-0.3, -0.25) is 4.79 Å². The monoisotopic (exact) mass is 354 g/mol. The number of amides is 1. The second-order valence-corrected chi connectivity index (χ2v) is 5.37. The zero-order valence-electron chi connectivity index (χ0n) is 11.2. The smallest absolute Gasteiger partial charge is 0.243 e. The number of hydrogen-bond donors (Lipinski definition) is 2. The van der Waals surface area contributed by atoms with Crippen molar-refractivity contribution < 1.29 is 13.6 Å². The van der Waals surface area contributed by atoms with Crippen LogP contribution in [-0.4, -0.2) is 12.5 Å². The molecule has 0 radical (unpaired) electrons. The molecular weight excluding hydrogens is 342 g/mol. The molecule has 1 amide bonds. The van der Waals surface area contributed by atoms with E-state index in [4.69, 9.17) is 0 Å². The maximum absolute atomic E-state index is 13.4. The second kappa shape index (κ2) is 6.67. The molecule has 0 aliphatic rings. The maximum Gasteiger partial charge on any atom is 0.243 e. The van der Waals surface area contributed by atoms with E-state index in [1.165, 1.54) is 6.07 Å². The van der Waals surface area contributed by atoms with Crippen molar-refractivity contribution in [1.29, 1.82) is 0 Å². The summed E-state index contributed by atoms with van der Waals surface area (Å²) in [7, 11) is 0. The molecule has 0 saturated carbocycles. The first-order valence-corrected chi connectivity index (χ1v) is 7.00. The van der Waals surface area contributed by atoms with Gasteiger partial charge in [0.2, 0.25) is 5.91 Å². The second-order valence-electron chi connectivity index (χ2n) is 4.46. The Morgan fingerprint density at radius 2 is 1.86 bits per heavy atom. The molecule has 0 aromatic heterocycles. The Morgan fingerprint density at radius 1 is 1.19 bits per heavy atom. The highest BCUT2D eigenvalue weighted by atomic mass is 79.9. The van der Waals surface area contributed by atoms with Crippen LogP contribution < -0.4 is 10.6 Å². The van der Waals surface area contributed by atoms with Crippen LogP contribution in [0.15, 0.2) is 40.9 Å². The predicted octanol–water partition coefficient (Wildman–Crippen LogP) is 4.09. The van der Waals surface area contributed by atoms with Crippen LogP contribution in [0.25, 0.3) is 0 Å². The van der Waals surface area contributed by atoms with Gasteiger partial charge in [0.1, 0.15) is 17.3 Å². The van der Waals surface area contributed by atoms with Crippen molar-refractivity contribution in [2.24, 2.45) is 0 Å². The molecule has 0 spiro atoms. The molecular formula is C15H13BrF2N2O. The van der Waals surface area contributed by atoms with Crippen LogP contribution in [0.2, 0.25) is 0 Å². The van der Waals surface area contributed by atoms with Crippen LogP contribution in [0.1, 0.15) is 5.56 Å². The summed E-state index contributed by atoms with van der Waals surface area (Å²) in [6, 6.07) is 8.97. The zero-order valence-corrected chi connectivity index (χ0v) is 12.8. The molecule has 0 aliphatic carbocycles. The largest absolute Gasteiger partial charge is 0.376 e. The van der Waals surface area contributed by atoms with Crippen molar-refractivity contribution in [3.05, 3.63) is 58.1 Å². The third-order valence-corrected chi connectivity index (χ3v) is 3.35. The van der Waals surface area contributed by atoms with E-state index in [-0.39, 0.29) is 6.54 Å². The van der Waals surface area contributed by atoms with Crippen LogP contribution >= 0.6 is 15.9 Å². The van der Waals surface area contributed by atoms with Crippen LogP contribution in [0.3, 0.4) is 0 Å². The number of hydrogen-bond acceptors (Lipinski definition) is 2. The Labute approximate surface area is 129 Å². The summed E-state index contributed by atoms with van der Waals surface area (Å²) in [4.78, 5) is 11.8. The van der Waals surface area contributed by atoms with Crippen molar-refractivity contribution in [3.8, 4) is 0 Å². The number of halogens is 3. The molecule has 6 heteroatoms. The fourth-order valence-corrected chi connectivity index (χ4v) is 2.28. The lowest BCUT2D eigenvalue weighted by Crippen LogP contribution is -2.23. The fraction of sp³-hybridized carbons (Fsp3) is 0.133. The van der Waals surface area contributed by atoms with E-state index in [0.717, 1.165) is 27.9 Å². The molecule has 0 aliphatic heterocycles. The Bertz CT molecular complexity index is 656. The molecule has 2 rings (SSSR count). The van der Waals surface area contributed by atoms with E-state index in [9.17, 15) is 13.6 Å². The summed E-state index contributed by atoms with van der Waals surface area (Å²) in [5.41, 5.74) is 1.30. The van der Waals surface area contributed by atoms with Crippen LogP contribution in [0.4, 0.5) is 20.2 Å². The third-order valence-electron chi connectivity index (χ3n) is 2.86. The van der Waals surface area contributed by atoms with Gasteiger partial charge in [-0.2, -0.15) is 0 Å². The molecule has 21 heavy (non-hydrogen) atoms. The lowest BCUT2D eigenvalue weighted by molar-refractivity contribution is -0.114. The van der Waals surface area contributed by atoms with E-state index < -0.39 is 23.2 Å². The third kappa shape index (κ3) is 4.01. The highest BCUT2D eigenvalue weighted by Gasteiger charge is 2.11. The Kier molecular flexibility index (Phi) is 4.90. The molecule has 3 nitrogen and oxygen atoms in total. The molecule has 2 N–H and O–H groups in total. The predicted molar refractivity (Wildman–Crippen MR) is 82.4 cm³/mol. The number of nitrogens with one attached hydrogen (secondary N) is 2. The number of carbonyl (C=O) groups excluding carboxylic acids is 1. The van der Waals surface area contributed by atoms with Crippen molar-refractivity contribution in [2.75, 3.05) is 17.2 Å². The summed E-state index contributed by atoms with van der Waals surface area (Å²) >= 11 is 3.35. The van der Waals surface area contributed by atoms with Crippen molar-refractivity contribution in [1.82, 2.24) is 0 Å². The lowest BCUT2D eigenvalue weighted by atomic mass is 10.2. The molecule has 2 aromatic carbocycles. The average Bonchev–Trinajstić information content (AvgIpc) is 2.42.